The molecule has 0 spiro atoms. The average molecular weight is 375 g/mol. The van der Waals surface area contributed by atoms with Gasteiger partial charge in [-0.2, -0.15) is 0 Å². The Morgan fingerprint density at radius 2 is 1.59 bits per heavy atom. The van der Waals surface area contributed by atoms with Crippen LogP contribution in [-0.4, -0.2) is 46.9 Å². The predicted molar refractivity (Wildman–Crippen MR) is 98.0 cm³/mol. The maximum Gasteiger partial charge on any atom is 0.343 e. The van der Waals surface area contributed by atoms with Crippen molar-refractivity contribution in [3.8, 4) is 23.0 Å². The number of esters is 1. The van der Waals surface area contributed by atoms with Crippen LogP contribution in [0.15, 0.2) is 36.4 Å². The predicted octanol–water partition coefficient (Wildman–Crippen LogP) is 2.52. The van der Waals surface area contributed by atoms with E-state index in [-0.39, 0.29) is 12.5 Å². The highest BCUT2D eigenvalue weighted by atomic mass is 16.6. The first kappa shape index (κ1) is 19.9. The molecular formula is C19H21NO7. The molecule has 0 saturated carbocycles. The van der Waals surface area contributed by atoms with E-state index in [1.165, 1.54) is 28.4 Å². The fraction of sp³-hybridized carbons (Fsp3) is 0.263. The molecule has 0 radical (unpaired) electrons. The maximum atomic E-state index is 12.6. The highest BCUT2D eigenvalue weighted by Crippen LogP contribution is 2.38. The molecule has 0 aliphatic heterocycles. The molecule has 0 heterocycles. The summed E-state index contributed by atoms with van der Waals surface area (Å²) in [6.45, 7) is -0.221. The standard InChI is InChI=1S/C19H21NO7/c1-23-15-8-12(9-16(24-2)18(15)26-4)19(22)20-13-6-5-7-14(10-13)27-11-17(21)25-3/h5-10H,11H2,1-4H3,(H,20,22). The minimum absolute atomic E-state index is 0.221. The molecule has 0 bridgehead atoms. The number of ether oxygens (including phenoxy) is 5. The molecule has 1 N–H and O–H groups in total. The minimum atomic E-state index is -0.498. The number of methoxy groups -OCH3 is 4. The zero-order valence-corrected chi connectivity index (χ0v) is 15.5. The van der Waals surface area contributed by atoms with E-state index < -0.39 is 5.97 Å². The van der Waals surface area contributed by atoms with Gasteiger partial charge in [0.05, 0.1) is 28.4 Å². The Labute approximate surface area is 156 Å². The van der Waals surface area contributed by atoms with Crippen molar-refractivity contribution in [1.82, 2.24) is 0 Å². The first-order valence-electron chi connectivity index (χ1n) is 7.93. The van der Waals surface area contributed by atoms with E-state index in [9.17, 15) is 9.59 Å². The van der Waals surface area contributed by atoms with E-state index in [4.69, 9.17) is 18.9 Å². The van der Waals surface area contributed by atoms with Crippen LogP contribution in [-0.2, 0) is 9.53 Å². The van der Waals surface area contributed by atoms with E-state index in [0.29, 0.717) is 34.2 Å². The van der Waals surface area contributed by atoms with Crippen LogP contribution in [0.4, 0.5) is 5.69 Å². The normalized spacial score (nSPS) is 9.93. The lowest BCUT2D eigenvalue weighted by atomic mass is 10.1. The number of carbonyl (C=O) groups excluding carboxylic acids is 2. The molecule has 2 aromatic carbocycles. The summed E-state index contributed by atoms with van der Waals surface area (Å²) in [5.41, 5.74) is 0.821. The third-order valence-corrected chi connectivity index (χ3v) is 3.60. The van der Waals surface area contributed by atoms with Crippen molar-refractivity contribution in [3.63, 3.8) is 0 Å². The Morgan fingerprint density at radius 1 is 0.926 bits per heavy atom. The van der Waals surface area contributed by atoms with E-state index in [1.807, 2.05) is 0 Å². The third kappa shape index (κ3) is 5.04. The van der Waals surface area contributed by atoms with Crippen molar-refractivity contribution in [2.24, 2.45) is 0 Å². The molecular weight excluding hydrogens is 354 g/mol. The average Bonchev–Trinajstić information content (AvgIpc) is 2.70. The number of anilines is 1. The Kier molecular flexibility index (Phi) is 6.87. The molecule has 0 aliphatic carbocycles. The molecule has 1 amide bonds. The summed E-state index contributed by atoms with van der Waals surface area (Å²) in [6.07, 6.45) is 0. The van der Waals surface area contributed by atoms with Gasteiger partial charge in [0.1, 0.15) is 5.75 Å². The summed E-state index contributed by atoms with van der Waals surface area (Å²) in [5, 5.41) is 2.75. The molecule has 0 fully saturated rings. The Morgan fingerprint density at radius 3 is 2.15 bits per heavy atom. The van der Waals surface area contributed by atoms with Gasteiger partial charge in [-0.05, 0) is 24.3 Å². The summed E-state index contributed by atoms with van der Waals surface area (Å²) in [6, 6.07) is 9.75. The van der Waals surface area contributed by atoms with Gasteiger partial charge in [-0.3, -0.25) is 4.79 Å². The van der Waals surface area contributed by atoms with Crippen molar-refractivity contribution in [3.05, 3.63) is 42.0 Å². The minimum Gasteiger partial charge on any atom is -0.493 e. The SMILES string of the molecule is COC(=O)COc1cccc(NC(=O)c2cc(OC)c(OC)c(OC)c2)c1. The van der Waals surface area contributed by atoms with Crippen molar-refractivity contribution in [1.29, 1.82) is 0 Å². The van der Waals surface area contributed by atoms with Crippen molar-refractivity contribution in [2.75, 3.05) is 40.4 Å². The lowest BCUT2D eigenvalue weighted by Crippen LogP contribution is -2.14. The van der Waals surface area contributed by atoms with E-state index in [1.54, 1.807) is 36.4 Å². The Bertz CT molecular complexity index is 794. The van der Waals surface area contributed by atoms with Gasteiger partial charge in [0, 0.05) is 17.3 Å². The van der Waals surface area contributed by atoms with Crippen molar-refractivity contribution in [2.45, 2.75) is 0 Å². The number of rotatable bonds is 8. The van der Waals surface area contributed by atoms with Crippen LogP contribution in [0.3, 0.4) is 0 Å². The van der Waals surface area contributed by atoms with Crippen molar-refractivity contribution < 1.29 is 33.3 Å². The number of carbonyl (C=O) groups is 2. The summed E-state index contributed by atoms with van der Waals surface area (Å²) in [4.78, 5) is 23.8. The van der Waals surface area contributed by atoms with Gasteiger partial charge in [-0.15, -0.1) is 0 Å². The van der Waals surface area contributed by atoms with E-state index >= 15 is 0 Å². The molecule has 0 saturated heterocycles. The number of nitrogens with one attached hydrogen (secondary N) is 1. The second-order valence-electron chi connectivity index (χ2n) is 5.26. The first-order valence-corrected chi connectivity index (χ1v) is 7.93. The number of hydrogen-bond acceptors (Lipinski definition) is 7. The Balaban J connectivity index is 2.18. The van der Waals surface area contributed by atoms with Gasteiger partial charge >= 0.3 is 5.97 Å². The molecule has 27 heavy (non-hydrogen) atoms. The summed E-state index contributed by atoms with van der Waals surface area (Å²) in [7, 11) is 5.71. The van der Waals surface area contributed by atoms with Gasteiger partial charge in [-0.1, -0.05) is 6.07 Å². The lowest BCUT2D eigenvalue weighted by molar-refractivity contribution is -0.142. The molecule has 144 valence electrons. The third-order valence-electron chi connectivity index (χ3n) is 3.60. The first-order chi connectivity index (χ1) is 13.0. The smallest absolute Gasteiger partial charge is 0.343 e. The van der Waals surface area contributed by atoms with Crippen LogP contribution in [0.1, 0.15) is 10.4 Å². The zero-order valence-electron chi connectivity index (χ0n) is 15.5. The molecule has 0 unspecified atom stereocenters. The van der Waals surface area contributed by atoms with E-state index in [2.05, 4.69) is 10.1 Å². The molecule has 2 aromatic rings. The van der Waals surface area contributed by atoms with Crippen LogP contribution < -0.4 is 24.3 Å². The molecule has 2 rings (SSSR count). The molecule has 0 aromatic heterocycles. The summed E-state index contributed by atoms with van der Waals surface area (Å²) < 4.78 is 25.6. The fourth-order valence-electron chi connectivity index (χ4n) is 2.28. The molecule has 0 atom stereocenters. The van der Waals surface area contributed by atoms with E-state index in [0.717, 1.165) is 0 Å². The largest absolute Gasteiger partial charge is 0.493 e. The van der Waals surface area contributed by atoms with Crippen LogP contribution in [0, 0.1) is 0 Å². The topological polar surface area (TPSA) is 92.3 Å². The van der Waals surface area contributed by atoms with Crippen LogP contribution in [0.5, 0.6) is 23.0 Å². The monoisotopic (exact) mass is 375 g/mol. The molecule has 8 nitrogen and oxygen atoms in total. The summed E-state index contributed by atoms with van der Waals surface area (Å²) in [5.74, 6) is 0.688. The highest BCUT2D eigenvalue weighted by molar-refractivity contribution is 6.05. The fourth-order valence-corrected chi connectivity index (χ4v) is 2.28. The van der Waals surface area contributed by atoms with Crippen LogP contribution >= 0.6 is 0 Å². The summed E-state index contributed by atoms with van der Waals surface area (Å²) >= 11 is 0. The van der Waals surface area contributed by atoms with Gasteiger partial charge < -0.3 is 29.0 Å². The van der Waals surface area contributed by atoms with Crippen LogP contribution in [0.25, 0.3) is 0 Å². The number of amides is 1. The van der Waals surface area contributed by atoms with Crippen molar-refractivity contribution >= 4 is 17.6 Å². The maximum absolute atomic E-state index is 12.6. The lowest BCUT2D eigenvalue weighted by Gasteiger charge is -2.14. The Hall–Kier alpha value is -3.42. The zero-order chi connectivity index (χ0) is 19.8. The second kappa shape index (κ2) is 9.33. The van der Waals surface area contributed by atoms with Gasteiger partial charge in [0.2, 0.25) is 5.75 Å². The number of hydrogen-bond donors (Lipinski definition) is 1. The van der Waals surface area contributed by atoms with Gasteiger partial charge in [0.25, 0.3) is 5.91 Å². The molecule has 0 aliphatic rings. The number of benzene rings is 2. The highest BCUT2D eigenvalue weighted by Gasteiger charge is 2.17. The van der Waals surface area contributed by atoms with Gasteiger partial charge in [0.15, 0.2) is 18.1 Å². The molecule has 8 heteroatoms. The van der Waals surface area contributed by atoms with Crippen LogP contribution in [0.2, 0.25) is 0 Å². The second-order valence-corrected chi connectivity index (χ2v) is 5.26. The quantitative estimate of drug-likeness (QED) is 0.709. The van der Waals surface area contributed by atoms with Gasteiger partial charge in [-0.25, -0.2) is 4.79 Å².